The fourth-order valence-corrected chi connectivity index (χ4v) is 2.65. The number of hydrogen-bond acceptors (Lipinski definition) is 5. The topological polar surface area (TPSA) is 66.9 Å². The molecule has 0 atom stereocenters. The van der Waals surface area contributed by atoms with Gasteiger partial charge in [0.25, 0.3) is 0 Å². The second-order valence-electron chi connectivity index (χ2n) is 6.22. The van der Waals surface area contributed by atoms with E-state index in [4.69, 9.17) is 0 Å². The monoisotopic (exact) mass is 346 g/mol. The Morgan fingerprint density at radius 1 is 0.962 bits per heavy atom. The number of Topliss-reactive ketones (excluding diaryl/α,β-unsaturated/α-hetero) is 1. The molecule has 0 radical (unpaired) electrons. The summed E-state index contributed by atoms with van der Waals surface area (Å²) in [4.78, 5) is 20.2. The van der Waals surface area contributed by atoms with E-state index in [9.17, 15) is 4.79 Å². The first-order valence-corrected chi connectivity index (χ1v) is 8.53. The Bertz CT molecular complexity index is 920. The van der Waals surface area contributed by atoms with Crippen molar-refractivity contribution in [1.82, 2.24) is 9.97 Å². The Morgan fingerprint density at radius 2 is 1.65 bits per heavy atom. The Hall–Kier alpha value is -3.21. The largest absolute Gasteiger partial charge is 0.366 e. The molecule has 26 heavy (non-hydrogen) atoms. The lowest BCUT2D eigenvalue weighted by atomic mass is 10.1. The summed E-state index contributed by atoms with van der Waals surface area (Å²) in [5, 5.41) is 6.62. The van der Waals surface area contributed by atoms with Crippen LogP contribution in [0.4, 0.5) is 17.3 Å². The number of anilines is 3. The van der Waals surface area contributed by atoms with Crippen LogP contribution >= 0.6 is 0 Å². The molecule has 0 saturated carbocycles. The van der Waals surface area contributed by atoms with Crippen LogP contribution in [0.2, 0.25) is 0 Å². The molecule has 5 nitrogen and oxygen atoms in total. The van der Waals surface area contributed by atoms with Crippen LogP contribution in [0.1, 0.15) is 34.2 Å². The number of nitrogens with one attached hydrogen (secondary N) is 2. The second-order valence-corrected chi connectivity index (χ2v) is 6.22. The fourth-order valence-electron chi connectivity index (χ4n) is 2.65. The van der Waals surface area contributed by atoms with Crippen molar-refractivity contribution in [3.05, 3.63) is 77.1 Å². The summed E-state index contributed by atoms with van der Waals surface area (Å²) in [6.07, 6.45) is 0. The van der Waals surface area contributed by atoms with Crippen molar-refractivity contribution in [2.24, 2.45) is 0 Å². The van der Waals surface area contributed by atoms with E-state index in [-0.39, 0.29) is 5.78 Å². The van der Waals surface area contributed by atoms with Gasteiger partial charge >= 0.3 is 0 Å². The summed E-state index contributed by atoms with van der Waals surface area (Å²) in [5.74, 6) is 2.21. The molecule has 2 N–H and O–H groups in total. The minimum atomic E-state index is 0.0529. The van der Waals surface area contributed by atoms with Gasteiger partial charge in [-0.25, -0.2) is 9.97 Å². The number of nitrogens with zero attached hydrogens (tertiary/aromatic N) is 2. The quantitative estimate of drug-likeness (QED) is 0.636. The molecule has 2 aromatic carbocycles. The standard InChI is InChI=1S/C21H22N4O/c1-14-6-4-5-7-18(14)13-22-20-12-21(24-16(3)23-20)25-19-10-8-17(9-11-19)15(2)26/h4-12H,13H2,1-3H3,(H2,22,23,24,25). The number of hydrogen-bond donors (Lipinski definition) is 2. The van der Waals surface area contributed by atoms with Gasteiger partial charge < -0.3 is 10.6 Å². The first kappa shape index (κ1) is 17.6. The van der Waals surface area contributed by atoms with E-state index >= 15 is 0 Å². The van der Waals surface area contributed by atoms with Crippen LogP contribution in [-0.2, 0) is 6.54 Å². The lowest BCUT2D eigenvalue weighted by molar-refractivity contribution is 0.101. The molecule has 0 amide bonds. The zero-order valence-electron chi connectivity index (χ0n) is 15.2. The first-order chi connectivity index (χ1) is 12.5. The number of carbonyl (C=O) groups excluding carboxylic acids is 1. The van der Waals surface area contributed by atoms with Crippen LogP contribution in [0.15, 0.2) is 54.6 Å². The summed E-state index contributed by atoms with van der Waals surface area (Å²) >= 11 is 0. The molecule has 0 aliphatic heterocycles. The third-order valence-electron chi connectivity index (χ3n) is 4.12. The summed E-state index contributed by atoms with van der Waals surface area (Å²) in [6.45, 7) is 6.22. The minimum Gasteiger partial charge on any atom is -0.366 e. The summed E-state index contributed by atoms with van der Waals surface area (Å²) in [7, 11) is 0. The second kappa shape index (κ2) is 7.78. The molecule has 132 valence electrons. The van der Waals surface area contributed by atoms with Crippen LogP contribution < -0.4 is 10.6 Å². The summed E-state index contributed by atoms with van der Waals surface area (Å²) in [5.41, 5.74) is 4.04. The Balaban J connectivity index is 1.73. The van der Waals surface area contributed by atoms with Gasteiger partial charge in [0.2, 0.25) is 0 Å². The minimum absolute atomic E-state index is 0.0529. The van der Waals surface area contributed by atoms with Gasteiger partial charge in [-0.3, -0.25) is 4.79 Å². The third-order valence-corrected chi connectivity index (χ3v) is 4.12. The van der Waals surface area contributed by atoms with Gasteiger partial charge in [0.15, 0.2) is 5.78 Å². The molecule has 0 aliphatic rings. The molecular weight excluding hydrogens is 324 g/mol. The van der Waals surface area contributed by atoms with Crippen LogP contribution in [-0.4, -0.2) is 15.8 Å². The highest BCUT2D eigenvalue weighted by Gasteiger charge is 2.05. The number of rotatable bonds is 6. The Morgan fingerprint density at radius 3 is 2.35 bits per heavy atom. The molecule has 3 aromatic rings. The number of aryl methyl sites for hydroxylation is 2. The van der Waals surface area contributed by atoms with Crippen molar-refractivity contribution < 1.29 is 4.79 Å². The predicted octanol–water partition coefficient (Wildman–Crippen LogP) is 4.65. The van der Waals surface area contributed by atoms with Gasteiger partial charge in [0.05, 0.1) is 0 Å². The highest BCUT2D eigenvalue weighted by Crippen LogP contribution is 2.19. The maximum Gasteiger partial charge on any atom is 0.159 e. The first-order valence-electron chi connectivity index (χ1n) is 8.53. The number of aromatic nitrogens is 2. The molecule has 0 saturated heterocycles. The number of carbonyl (C=O) groups is 1. The average Bonchev–Trinajstić information content (AvgIpc) is 2.61. The van der Waals surface area contributed by atoms with Crippen LogP contribution in [0.5, 0.6) is 0 Å². The van der Waals surface area contributed by atoms with Crippen LogP contribution in [0, 0.1) is 13.8 Å². The predicted molar refractivity (Wildman–Crippen MR) is 105 cm³/mol. The summed E-state index contributed by atoms with van der Waals surface area (Å²) in [6, 6.07) is 17.5. The number of ketones is 1. The van der Waals surface area contributed by atoms with Crippen LogP contribution in [0.25, 0.3) is 0 Å². The zero-order chi connectivity index (χ0) is 18.5. The SMILES string of the molecule is CC(=O)c1ccc(Nc2cc(NCc3ccccc3C)nc(C)n2)cc1. The fraction of sp³-hybridized carbons (Fsp3) is 0.190. The molecule has 1 aromatic heterocycles. The van der Waals surface area contributed by atoms with Gasteiger partial charge in [-0.2, -0.15) is 0 Å². The normalized spacial score (nSPS) is 10.4. The lowest BCUT2D eigenvalue weighted by Crippen LogP contribution is -2.06. The maximum atomic E-state index is 11.4. The molecule has 0 aliphatic carbocycles. The Kier molecular flexibility index (Phi) is 5.27. The molecule has 0 fully saturated rings. The summed E-state index contributed by atoms with van der Waals surface area (Å²) < 4.78 is 0. The van der Waals surface area contributed by atoms with Gasteiger partial charge in [-0.05, 0) is 56.2 Å². The number of benzene rings is 2. The van der Waals surface area contributed by atoms with Gasteiger partial charge in [-0.1, -0.05) is 24.3 Å². The average molecular weight is 346 g/mol. The van der Waals surface area contributed by atoms with E-state index in [0.29, 0.717) is 23.8 Å². The van der Waals surface area contributed by atoms with Gasteiger partial charge in [0, 0.05) is 23.9 Å². The van der Waals surface area contributed by atoms with E-state index in [0.717, 1.165) is 11.5 Å². The van der Waals surface area contributed by atoms with Crippen molar-refractivity contribution in [2.75, 3.05) is 10.6 Å². The molecular formula is C21H22N4O. The molecule has 0 spiro atoms. The Labute approximate surface area is 153 Å². The van der Waals surface area contributed by atoms with E-state index < -0.39 is 0 Å². The zero-order valence-corrected chi connectivity index (χ0v) is 15.2. The third kappa shape index (κ3) is 4.45. The molecule has 3 rings (SSSR count). The molecule has 1 heterocycles. The molecule has 0 unspecified atom stereocenters. The van der Waals surface area contributed by atoms with E-state index in [2.05, 4.69) is 39.7 Å². The van der Waals surface area contributed by atoms with Crippen molar-refractivity contribution in [2.45, 2.75) is 27.3 Å². The van der Waals surface area contributed by atoms with E-state index in [1.807, 2.05) is 37.3 Å². The maximum absolute atomic E-state index is 11.4. The van der Waals surface area contributed by atoms with Crippen molar-refractivity contribution in [1.29, 1.82) is 0 Å². The lowest BCUT2D eigenvalue weighted by Gasteiger charge is -2.11. The van der Waals surface area contributed by atoms with Crippen molar-refractivity contribution >= 4 is 23.1 Å². The smallest absolute Gasteiger partial charge is 0.159 e. The highest BCUT2D eigenvalue weighted by atomic mass is 16.1. The van der Waals surface area contributed by atoms with Crippen molar-refractivity contribution in [3.63, 3.8) is 0 Å². The molecule has 5 heteroatoms. The van der Waals surface area contributed by atoms with Gasteiger partial charge in [-0.15, -0.1) is 0 Å². The van der Waals surface area contributed by atoms with Crippen molar-refractivity contribution in [3.8, 4) is 0 Å². The highest BCUT2D eigenvalue weighted by molar-refractivity contribution is 5.94. The van der Waals surface area contributed by atoms with Gasteiger partial charge in [0.1, 0.15) is 17.5 Å². The van der Waals surface area contributed by atoms with E-state index in [1.165, 1.54) is 11.1 Å². The van der Waals surface area contributed by atoms with E-state index in [1.54, 1.807) is 19.1 Å². The van der Waals surface area contributed by atoms with Crippen LogP contribution in [0.3, 0.4) is 0 Å². The molecule has 0 bridgehead atoms.